The van der Waals surface area contributed by atoms with Gasteiger partial charge in [-0.2, -0.15) is 28.5 Å². The highest BCUT2D eigenvalue weighted by atomic mass is 32.2. The van der Waals surface area contributed by atoms with Crippen molar-refractivity contribution in [3.8, 4) is 6.07 Å². The maximum atomic E-state index is 13.6. The fourth-order valence-electron chi connectivity index (χ4n) is 4.21. The Bertz CT molecular complexity index is 1440. The summed E-state index contributed by atoms with van der Waals surface area (Å²) in [7, 11) is 2.06. The number of fused-ring (bicyclic) bond motifs is 1. The molecule has 36 heavy (non-hydrogen) atoms. The van der Waals surface area contributed by atoms with Crippen LogP contribution in [0.2, 0.25) is 0 Å². The van der Waals surface area contributed by atoms with Crippen LogP contribution in [-0.4, -0.2) is 63.9 Å². The number of hydrogen-bond donors (Lipinski definition) is 0. The predicted octanol–water partition coefficient (Wildman–Crippen LogP) is 4.19. The van der Waals surface area contributed by atoms with Crippen molar-refractivity contribution in [2.24, 2.45) is 4.99 Å². The number of benzene rings is 2. The van der Waals surface area contributed by atoms with Gasteiger partial charge in [0.1, 0.15) is 0 Å². The Morgan fingerprint density at radius 1 is 1.14 bits per heavy atom. The Morgan fingerprint density at radius 3 is 2.64 bits per heavy atom. The number of halogens is 3. The zero-order valence-electron chi connectivity index (χ0n) is 19.3. The minimum Gasteiger partial charge on any atom is -0.348 e. The second kappa shape index (κ2) is 9.44. The van der Waals surface area contributed by atoms with Crippen molar-refractivity contribution in [2.75, 3.05) is 33.2 Å². The van der Waals surface area contributed by atoms with E-state index in [1.54, 1.807) is 30.5 Å². The highest BCUT2D eigenvalue weighted by Gasteiger charge is 2.34. The fourth-order valence-corrected chi connectivity index (χ4v) is 5.18. The number of nitriles is 1. The lowest BCUT2D eigenvalue weighted by atomic mass is 10.0. The summed E-state index contributed by atoms with van der Waals surface area (Å²) in [6.07, 6.45) is -1.22. The molecule has 184 valence electrons. The Kier molecular flexibility index (Phi) is 6.32. The largest absolute Gasteiger partial charge is 0.416 e. The van der Waals surface area contributed by atoms with Gasteiger partial charge in [-0.05, 0) is 60.3 Å². The van der Waals surface area contributed by atoms with E-state index in [4.69, 9.17) is 5.26 Å². The topological polar surface area (TPSA) is 77.5 Å². The smallest absolute Gasteiger partial charge is 0.348 e. The van der Waals surface area contributed by atoms with Crippen molar-refractivity contribution >= 4 is 39.8 Å². The van der Waals surface area contributed by atoms with Gasteiger partial charge in [-0.1, -0.05) is 12.1 Å². The van der Waals surface area contributed by atoms with Crippen LogP contribution in [0.15, 0.2) is 52.5 Å². The highest BCUT2D eigenvalue weighted by Crippen LogP contribution is 2.34. The van der Waals surface area contributed by atoms with Crippen LogP contribution in [0.25, 0.3) is 17.0 Å². The lowest BCUT2D eigenvalue weighted by Crippen LogP contribution is -2.46. The number of aliphatic imine (C=N–C) groups is 1. The number of amides is 1. The van der Waals surface area contributed by atoms with Crippen LogP contribution in [-0.2, 0) is 17.5 Å². The maximum Gasteiger partial charge on any atom is 0.416 e. The lowest BCUT2D eigenvalue weighted by molar-refractivity contribution is -0.138. The summed E-state index contributed by atoms with van der Waals surface area (Å²) in [5.41, 5.74) is 0.573. The van der Waals surface area contributed by atoms with Gasteiger partial charge in [-0.15, -0.1) is 0 Å². The SMILES string of the molecule is CN1CCN(C2=NC(=O)/C(=C/c3ccc4c(cnn4Cc4ccc(C#N)cc4C(F)(F)F)c3)S2)CC1. The van der Waals surface area contributed by atoms with Gasteiger partial charge in [0, 0.05) is 31.6 Å². The molecule has 5 rings (SSSR count). The Morgan fingerprint density at radius 2 is 1.92 bits per heavy atom. The van der Waals surface area contributed by atoms with E-state index in [1.807, 2.05) is 6.07 Å². The van der Waals surface area contributed by atoms with Crippen molar-refractivity contribution in [2.45, 2.75) is 12.7 Å². The summed E-state index contributed by atoms with van der Waals surface area (Å²) in [6.45, 7) is 3.38. The van der Waals surface area contributed by atoms with E-state index in [2.05, 4.69) is 26.9 Å². The number of piperazine rings is 1. The van der Waals surface area contributed by atoms with Gasteiger partial charge in [0.15, 0.2) is 5.17 Å². The van der Waals surface area contributed by atoms with Crippen LogP contribution in [0.4, 0.5) is 13.2 Å². The number of nitrogens with zero attached hydrogens (tertiary/aromatic N) is 6. The van der Waals surface area contributed by atoms with Gasteiger partial charge in [-0.25, -0.2) is 0 Å². The number of hydrogen-bond acceptors (Lipinski definition) is 6. The molecule has 0 radical (unpaired) electrons. The number of carbonyl (C=O) groups is 1. The van der Waals surface area contributed by atoms with Gasteiger partial charge in [0.2, 0.25) is 0 Å². The summed E-state index contributed by atoms with van der Waals surface area (Å²) in [4.78, 5) is 21.6. The monoisotopic (exact) mass is 510 g/mol. The van der Waals surface area contributed by atoms with E-state index in [9.17, 15) is 18.0 Å². The molecule has 1 saturated heterocycles. The molecular weight excluding hydrogens is 489 g/mol. The molecule has 2 aliphatic rings. The van der Waals surface area contributed by atoms with E-state index < -0.39 is 11.7 Å². The van der Waals surface area contributed by atoms with E-state index in [1.165, 1.54) is 28.6 Å². The first kappa shape index (κ1) is 24.1. The number of aromatic nitrogens is 2. The zero-order valence-corrected chi connectivity index (χ0v) is 20.1. The molecule has 11 heteroatoms. The predicted molar refractivity (Wildman–Crippen MR) is 132 cm³/mol. The lowest BCUT2D eigenvalue weighted by Gasteiger charge is -2.32. The van der Waals surface area contributed by atoms with Crippen LogP contribution < -0.4 is 0 Å². The maximum absolute atomic E-state index is 13.6. The van der Waals surface area contributed by atoms with Gasteiger partial charge in [0.05, 0.1) is 40.4 Å². The zero-order chi connectivity index (χ0) is 25.4. The summed E-state index contributed by atoms with van der Waals surface area (Å²) >= 11 is 1.36. The second-order valence-corrected chi connectivity index (χ2v) is 9.71. The number of thioether (sulfide) groups is 1. The van der Waals surface area contributed by atoms with Crippen molar-refractivity contribution in [1.29, 1.82) is 5.26 Å². The first-order valence-corrected chi connectivity index (χ1v) is 12.0. The summed E-state index contributed by atoms with van der Waals surface area (Å²) in [6, 6.07) is 10.7. The average Bonchev–Trinajstić information content (AvgIpc) is 3.42. The molecule has 0 spiro atoms. The Hall–Kier alpha value is -3.62. The quantitative estimate of drug-likeness (QED) is 0.492. The van der Waals surface area contributed by atoms with Crippen molar-refractivity contribution in [3.05, 3.63) is 69.8 Å². The molecule has 2 aliphatic heterocycles. The van der Waals surface area contributed by atoms with Crippen LogP contribution in [0, 0.1) is 11.3 Å². The molecule has 2 aromatic carbocycles. The minimum atomic E-state index is -4.58. The molecule has 0 saturated carbocycles. The third-order valence-electron chi connectivity index (χ3n) is 6.21. The Labute approximate surface area is 209 Å². The van der Waals surface area contributed by atoms with Gasteiger partial charge in [-0.3, -0.25) is 9.48 Å². The molecule has 0 aliphatic carbocycles. The van der Waals surface area contributed by atoms with Gasteiger partial charge >= 0.3 is 6.18 Å². The van der Waals surface area contributed by atoms with Crippen molar-refractivity contribution < 1.29 is 18.0 Å². The standard InChI is InChI=1S/C25H21F3N6OS/c1-32-6-8-33(9-7-32)24-31-23(35)22(36-24)12-16-3-5-21-19(10-16)14-30-34(21)15-18-4-2-17(13-29)11-20(18)25(26,27)28/h2-5,10-12,14H,6-9,15H2,1H3/b22-12-. The van der Waals surface area contributed by atoms with E-state index in [0.29, 0.717) is 10.4 Å². The number of carbonyl (C=O) groups excluding carboxylic acids is 1. The number of likely N-dealkylation sites (N-methyl/N-ethyl adjacent to an activating group) is 1. The molecule has 1 aromatic heterocycles. The molecule has 0 atom stereocenters. The van der Waals surface area contributed by atoms with Crippen LogP contribution in [0.5, 0.6) is 0 Å². The van der Waals surface area contributed by atoms with Gasteiger partial charge in [0.25, 0.3) is 5.91 Å². The minimum absolute atomic E-state index is 0.0271. The van der Waals surface area contributed by atoms with Crippen molar-refractivity contribution in [3.63, 3.8) is 0 Å². The number of alkyl halides is 3. The van der Waals surface area contributed by atoms with E-state index in [-0.39, 0.29) is 23.6 Å². The molecule has 0 unspecified atom stereocenters. The molecule has 1 fully saturated rings. The molecule has 1 amide bonds. The Balaban J connectivity index is 1.36. The molecule has 0 bridgehead atoms. The van der Waals surface area contributed by atoms with Gasteiger partial charge < -0.3 is 9.80 Å². The summed E-state index contributed by atoms with van der Waals surface area (Å²) in [5.74, 6) is -0.273. The molecular formula is C25H21F3N6OS. The van der Waals surface area contributed by atoms with E-state index >= 15 is 0 Å². The van der Waals surface area contributed by atoms with Crippen LogP contribution in [0.1, 0.15) is 22.3 Å². The first-order valence-electron chi connectivity index (χ1n) is 11.2. The molecule has 3 aromatic rings. The molecule has 3 heterocycles. The highest BCUT2D eigenvalue weighted by molar-refractivity contribution is 8.18. The fraction of sp³-hybridized carbons (Fsp3) is 0.280. The second-order valence-electron chi connectivity index (χ2n) is 8.70. The summed E-state index contributed by atoms with van der Waals surface area (Å²) in [5, 5.41) is 14.7. The molecule has 0 N–H and O–H groups in total. The molecule has 7 nitrogen and oxygen atoms in total. The number of amidine groups is 1. The normalized spacial score (nSPS) is 18.2. The third-order valence-corrected chi connectivity index (χ3v) is 7.26. The van der Waals surface area contributed by atoms with Crippen LogP contribution in [0.3, 0.4) is 0 Å². The average molecular weight is 511 g/mol. The first-order chi connectivity index (χ1) is 17.2. The van der Waals surface area contributed by atoms with E-state index in [0.717, 1.165) is 48.4 Å². The number of rotatable bonds is 3. The van der Waals surface area contributed by atoms with Crippen LogP contribution >= 0.6 is 11.8 Å². The van der Waals surface area contributed by atoms with Crippen molar-refractivity contribution in [1.82, 2.24) is 19.6 Å². The third kappa shape index (κ3) is 4.87. The summed E-state index contributed by atoms with van der Waals surface area (Å²) < 4.78 is 42.2.